The van der Waals surface area contributed by atoms with Gasteiger partial charge in [-0.15, -0.1) is 0 Å². The molecule has 1 saturated carbocycles. The molecule has 0 amide bonds. The van der Waals surface area contributed by atoms with E-state index in [0.29, 0.717) is 0 Å². The summed E-state index contributed by atoms with van der Waals surface area (Å²) in [5.41, 5.74) is 0.273. The third kappa shape index (κ3) is 2.34. The smallest absolute Gasteiger partial charge is 0.126 e. The molecule has 0 saturated heterocycles. The minimum absolute atomic E-state index is 0.217. The van der Waals surface area contributed by atoms with Crippen molar-refractivity contribution in [2.75, 3.05) is 0 Å². The fourth-order valence-corrected chi connectivity index (χ4v) is 1.92. The molecule has 1 aromatic carbocycles. The molecule has 82 valence electrons. The highest BCUT2D eigenvalue weighted by Gasteiger charge is 2.26. The Morgan fingerprint density at radius 1 is 1.33 bits per heavy atom. The molecule has 0 aromatic heterocycles. The van der Waals surface area contributed by atoms with Crippen molar-refractivity contribution in [1.29, 1.82) is 0 Å². The van der Waals surface area contributed by atoms with Crippen LogP contribution < -0.4 is 0 Å². The Balaban J connectivity index is 2.05. The van der Waals surface area contributed by atoms with E-state index < -0.39 is 17.7 Å². The summed E-state index contributed by atoms with van der Waals surface area (Å²) in [5.74, 6) is -0.616. The van der Waals surface area contributed by atoms with Gasteiger partial charge in [-0.2, -0.15) is 0 Å². The third-order valence-corrected chi connectivity index (χ3v) is 3.13. The van der Waals surface area contributed by atoms with Crippen molar-refractivity contribution < 1.29 is 13.9 Å². The lowest BCUT2D eigenvalue weighted by Crippen LogP contribution is -2.28. The average molecular weight is 212 g/mol. The number of aliphatic hydroxyl groups excluding tert-OH is 1. The van der Waals surface area contributed by atoms with Gasteiger partial charge in [0.15, 0.2) is 0 Å². The topological polar surface area (TPSA) is 20.2 Å². The van der Waals surface area contributed by atoms with E-state index in [4.69, 9.17) is 0 Å². The Bertz CT molecular complexity index is 347. The molecular weight excluding hydrogens is 198 g/mol. The van der Waals surface area contributed by atoms with Crippen LogP contribution in [0.2, 0.25) is 0 Å². The predicted octanol–water partition coefficient (Wildman–Crippen LogP) is 2.67. The van der Waals surface area contributed by atoms with Crippen molar-refractivity contribution in [2.45, 2.75) is 31.8 Å². The maximum absolute atomic E-state index is 13.2. The van der Waals surface area contributed by atoms with Crippen LogP contribution in [0.3, 0.4) is 0 Å². The van der Waals surface area contributed by atoms with E-state index in [1.807, 2.05) is 0 Å². The third-order valence-electron chi connectivity index (χ3n) is 3.13. The second-order valence-electron chi connectivity index (χ2n) is 4.20. The first kappa shape index (κ1) is 10.6. The first-order valence-electron chi connectivity index (χ1n) is 5.29. The summed E-state index contributed by atoms with van der Waals surface area (Å²) in [6.07, 6.45) is 2.81. The summed E-state index contributed by atoms with van der Waals surface area (Å²) < 4.78 is 26.1. The van der Waals surface area contributed by atoms with Gasteiger partial charge in [-0.1, -0.05) is 6.42 Å². The van der Waals surface area contributed by atoms with Crippen molar-refractivity contribution in [2.24, 2.45) is 5.92 Å². The van der Waals surface area contributed by atoms with Crippen molar-refractivity contribution in [3.63, 3.8) is 0 Å². The largest absolute Gasteiger partial charge is 0.392 e. The minimum atomic E-state index is -0.532. The van der Waals surface area contributed by atoms with Crippen molar-refractivity contribution in [1.82, 2.24) is 0 Å². The van der Waals surface area contributed by atoms with Crippen LogP contribution in [-0.4, -0.2) is 11.2 Å². The SMILES string of the molecule is OC(Cc1cc(F)ccc1F)C1CCC1. The molecule has 1 aromatic rings. The van der Waals surface area contributed by atoms with Crippen LogP contribution >= 0.6 is 0 Å². The Morgan fingerprint density at radius 3 is 2.67 bits per heavy atom. The molecule has 1 fully saturated rings. The van der Waals surface area contributed by atoms with Gasteiger partial charge in [-0.25, -0.2) is 8.78 Å². The van der Waals surface area contributed by atoms with Gasteiger partial charge in [0.2, 0.25) is 0 Å². The molecule has 0 spiro atoms. The predicted molar refractivity (Wildman–Crippen MR) is 53.4 cm³/mol. The van der Waals surface area contributed by atoms with Crippen LogP contribution in [0.5, 0.6) is 0 Å². The van der Waals surface area contributed by atoms with Crippen LogP contribution in [-0.2, 0) is 6.42 Å². The van der Waals surface area contributed by atoms with Crippen LogP contribution in [0.25, 0.3) is 0 Å². The zero-order chi connectivity index (χ0) is 10.8. The number of halogens is 2. The number of benzene rings is 1. The molecule has 1 unspecified atom stereocenters. The standard InChI is InChI=1S/C12H14F2O/c13-10-4-5-11(14)9(6-10)7-12(15)8-2-1-3-8/h4-6,8,12,15H,1-3,7H2. The first-order valence-corrected chi connectivity index (χ1v) is 5.29. The zero-order valence-electron chi connectivity index (χ0n) is 8.42. The maximum Gasteiger partial charge on any atom is 0.126 e. The van der Waals surface area contributed by atoms with Gasteiger partial charge in [0, 0.05) is 6.42 Å². The van der Waals surface area contributed by atoms with Gasteiger partial charge in [0.05, 0.1) is 6.10 Å². The summed E-state index contributed by atoms with van der Waals surface area (Å²) in [6, 6.07) is 3.37. The van der Waals surface area contributed by atoms with E-state index in [1.165, 1.54) is 0 Å². The lowest BCUT2D eigenvalue weighted by atomic mass is 9.79. The second kappa shape index (κ2) is 4.27. The molecule has 0 bridgehead atoms. The molecule has 1 atom stereocenters. The molecule has 3 heteroatoms. The first-order chi connectivity index (χ1) is 7.16. The van der Waals surface area contributed by atoms with Crippen LogP contribution in [0.1, 0.15) is 24.8 Å². The van der Waals surface area contributed by atoms with Crippen molar-refractivity contribution in [3.05, 3.63) is 35.4 Å². The molecule has 1 nitrogen and oxygen atoms in total. The molecule has 1 N–H and O–H groups in total. The second-order valence-corrected chi connectivity index (χ2v) is 4.20. The molecule has 0 heterocycles. The number of aliphatic hydroxyl groups is 1. The lowest BCUT2D eigenvalue weighted by molar-refractivity contribution is 0.0623. The van der Waals surface area contributed by atoms with Gasteiger partial charge >= 0.3 is 0 Å². The highest BCUT2D eigenvalue weighted by molar-refractivity contribution is 5.19. The Labute approximate surface area is 87.7 Å². The molecule has 1 aliphatic carbocycles. The zero-order valence-corrected chi connectivity index (χ0v) is 8.42. The number of hydrogen-bond donors (Lipinski definition) is 1. The maximum atomic E-state index is 13.2. The molecule has 1 aliphatic rings. The lowest BCUT2D eigenvalue weighted by Gasteiger charge is -2.30. The summed E-state index contributed by atoms with van der Waals surface area (Å²) >= 11 is 0. The molecule has 0 aliphatic heterocycles. The van der Waals surface area contributed by atoms with Crippen LogP contribution in [0, 0.1) is 17.6 Å². The minimum Gasteiger partial charge on any atom is -0.392 e. The van der Waals surface area contributed by atoms with E-state index in [1.54, 1.807) is 0 Å². The fourth-order valence-electron chi connectivity index (χ4n) is 1.92. The van der Waals surface area contributed by atoms with E-state index in [2.05, 4.69) is 0 Å². The molecule has 0 radical (unpaired) electrons. The van der Waals surface area contributed by atoms with Gasteiger partial charge < -0.3 is 5.11 Å². The van der Waals surface area contributed by atoms with E-state index >= 15 is 0 Å². The van der Waals surface area contributed by atoms with Gasteiger partial charge in [0.25, 0.3) is 0 Å². The van der Waals surface area contributed by atoms with E-state index in [-0.39, 0.29) is 17.9 Å². The Hall–Kier alpha value is -0.960. The highest BCUT2D eigenvalue weighted by Crippen LogP contribution is 2.31. The summed E-state index contributed by atoms with van der Waals surface area (Å²) in [7, 11) is 0. The average Bonchev–Trinajstić information content (AvgIpc) is 2.08. The van der Waals surface area contributed by atoms with E-state index in [9.17, 15) is 13.9 Å². The Kier molecular flexibility index (Phi) is 3.00. The molecule has 15 heavy (non-hydrogen) atoms. The number of rotatable bonds is 3. The summed E-state index contributed by atoms with van der Waals surface area (Å²) in [6.45, 7) is 0. The highest BCUT2D eigenvalue weighted by atomic mass is 19.1. The van der Waals surface area contributed by atoms with Crippen LogP contribution in [0.4, 0.5) is 8.78 Å². The van der Waals surface area contributed by atoms with Crippen molar-refractivity contribution >= 4 is 0 Å². The Morgan fingerprint density at radius 2 is 2.07 bits per heavy atom. The van der Waals surface area contributed by atoms with Crippen molar-refractivity contribution in [3.8, 4) is 0 Å². The number of hydrogen-bond acceptors (Lipinski definition) is 1. The van der Waals surface area contributed by atoms with Gasteiger partial charge in [0.1, 0.15) is 11.6 Å². The molecular formula is C12H14F2O. The monoisotopic (exact) mass is 212 g/mol. The van der Waals surface area contributed by atoms with Gasteiger partial charge in [-0.05, 0) is 42.5 Å². The summed E-state index contributed by atoms with van der Waals surface area (Å²) in [5, 5.41) is 9.75. The quantitative estimate of drug-likeness (QED) is 0.816. The van der Waals surface area contributed by atoms with Gasteiger partial charge in [-0.3, -0.25) is 0 Å². The fraction of sp³-hybridized carbons (Fsp3) is 0.500. The van der Waals surface area contributed by atoms with E-state index in [0.717, 1.165) is 37.5 Å². The molecule has 2 rings (SSSR count). The van der Waals surface area contributed by atoms with Crippen LogP contribution in [0.15, 0.2) is 18.2 Å². The summed E-state index contributed by atoms with van der Waals surface area (Å²) in [4.78, 5) is 0. The normalized spacial score (nSPS) is 18.6.